The van der Waals surface area contributed by atoms with Crippen LogP contribution in [0, 0.1) is 0 Å². The number of nitrogens with two attached hydrogens (primary N) is 1. The van der Waals surface area contributed by atoms with Gasteiger partial charge in [-0.05, 0) is 11.4 Å². The molecule has 0 unspecified atom stereocenters. The molecule has 0 amide bonds. The standard InChI is InChI=1S/C6H8N2O4S2/c1-12-6(9)5-4(2-3-13-5)14(10,11)8-7/h2-3,8H,7H2,1H3. The van der Waals surface area contributed by atoms with E-state index in [2.05, 4.69) is 4.74 Å². The third-order valence-electron chi connectivity index (χ3n) is 1.44. The molecule has 1 rings (SSSR count). The Bertz CT molecular complexity index is 436. The first-order valence-electron chi connectivity index (χ1n) is 3.41. The van der Waals surface area contributed by atoms with Crippen LogP contribution < -0.4 is 10.7 Å². The lowest BCUT2D eigenvalue weighted by Crippen LogP contribution is -2.30. The minimum Gasteiger partial charge on any atom is -0.465 e. The molecule has 0 bridgehead atoms. The van der Waals surface area contributed by atoms with E-state index in [1.165, 1.54) is 18.6 Å². The lowest BCUT2D eigenvalue weighted by Gasteiger charge is -2.01. The largest absolute Gasteiger partial charge is 0.465 e. The topological polar surface area (TPSA) is 98.5 Å². The summed E-state index contributed by atoms with van der Waals surface area (Å²) in [5, 5.41) is 1.47. The van der Waals surface area contributed by atoms with Gasteiger partial charge in [0.15, 0.2) is 0 Å². The quantitative estimate of drug-likeness (QED) is 0.426. The van der Waals surface area contributed by atoms with Crippen molar-refractivity contribution in [3.63, 3.8) is 0 Å². The molecule has 0 atom stereocenters. The zero-order valence-corrected chi connectivity index (χ0v) is 8.81. The molecule has 3 N–H and O–H groups in total. The van der Waals surface area contributed by atoms with Crippen LogP contribution in [-0.4, -0.2) is 21.5 Å². The third-order valence-corrected chi connectivity index (χ3v) is 3.70. The highest BCUT2D eigenvalue weighted by Crippen LogP contribution is 2.21. The number of sulfonamides is 1. The molecule has 1 heterocycles. The van der Waals surface area contributed by atoms with Gasteiger partial charge in [-0.2, -0.15) is 4.83 Å². The van der Waals surface area contributed by atoms with E-state index in [0.29, 0.717) is 0 Å². The first-order chi connectivity index (χ1) is 6.53. The molecule has 0 saturated heterocycles. The van der Waals surface area contributed by atoms with Gasteiger partial charge >= 0.3 is 5.97 Å². The molecule has 78 valence electrons. The van der Waals surface area contributed by atoms with Gasteiger partial charge in [0.1, 0.15) is 9.77 Å². The van der Waals surface area contributed by atoms with Crippen molar-refractivity contribution in [2.45, 2.75) is 4.90 Å². The lowest BCUT2D eigenvalue weighted by atomic mass is 10.5. The highest BCUT2D eigenvalue weighted by Gasteiger charge is 2.23. The molecule has 0 aromatic carbocycles. The Morgan fingerprint density at radius 3 is 2.79 bits per heavy atom. The molecule has 1 aromatic heterocycles. The third kappa shape index (κ3) is 1.93. The van der Waals surface area contributed by atoms with Crippen molar-refractivity contribution in [1.82, 2.24) is 4.83 Å². The number of carbonyl (C=O) groups excluding carboxylic acids is 1. The minimum atomic E-state index is -3.80. The summed E-state index contributed by atoms with van der Waals surface area (Å²) in [6.07, 6.45) is 0. The fourth-order valence-electron chi connectivity index (χ4n) is 0.814. The maximum Gasteiger partial charge on any atom is 0.349 e. The van der Waals surface area contributed by atoms with Crippen LogP contribution in [0.3, 0.4) is 0 Å². The summed E-state index contributed by atoms with van der Waals surface area (Å²) < 4.78 is 26.9. The number of hydrogen-bond donors (Lipinski definition) is 2. The second-order valence-electron chi connectivity index (χ2n) is 2.23. The van der Waals surface area contributed by atoms with Gasteiger partial charge in [0.2, 0.25) is 0 Å². The van der Waals surface area contributed by atoms with Gasteiger partial charge in [-0.3, -0.25) is 5.84 Å². The molecule has 0 fully saturated rings. The number of carbonyl (C=O) groups is 1. The second kappa shape index (κ2) is 4.05. The Labute approximate surface area is 84.7 Å². The number of hydrogen-bond acceptors (Lipinski definition) is 6. The number of nitrogens with one attached hydrogen (secondary N) is 1. The molecular weight excluding hydrogens is 228 g/mol. The summed E-state index contributed by atoms with van der Waals surface area (Å²) in [5.41, 5.74) is 0. The smallest absolute Gasteiger partial charge is 0.349 e. The number of esters is 1. The zero-order chi connectivity index (χ0) is 10.8. The second-order valence-corrected chi connectivity index (χ2v) is 4.83. The Morgan fingerprint density at radius 1 is 1.64 bits per heavy atom. The highest BCUT2D eigenvalue weighted by atomic mass is 32.2. The summed E-state index contributed by atoms with van der Waals surface area (Å²) in [7, 11) is -2.63. The molecule has 0 aliphatic rings. The first-order valence-corrected chi connectivity index (χ1v) is 5.77. The number of methoxy groups -OCH3 is 1. The van der Waals surface area contributed by atoms with Gasteiger partial charge in [0.05, 0.1) is 7.11 Å². The monoisotopic (exact) mass is 236 g/mol. The van der Waals surface area contributed by atoms with Crippen molar-refractivity contribution in [3.05, 3.63) is 16.3 Å². The molecule has 0 spiro atoms. The van der Waals surface area contributed by atoms with Crippen LogP contribution in [0.1, 0.15) is 9.67 Å². The van der Waals surface area contributed by atoms with E-state index in [1.54, 1.807) is 4.83 Å². The van der Waals surface area contributed by atoms with Crippen molar-refractivity contribution in [1.29, 1.82) is 0 Å². The molecule has 0 aliphatic carbocycles. The SMILES string of the molecule is COC(=O)c1sccc1S(=O)(=O)NN. The molecule has 0 saturated carbocycles. The van der Waals surface area contributed by atoms with Crippen molar-refractivity contribution < 1.29 is 17.9 Å². The van der Waals surface area contributed by atoms with Gasteiger partial charge < -0.3 is 4.74 Å². The van der Waals surface area contributed by atoms with Gasteiger partial charge in [-0.1, -0.05) is 0 Å². The van der Waals surface area contributed by atoms with Crippen LogP contribution in [0.4, 0.5) is 0 Å². The number of ether oxygens (including phenoxy) is 1. The summed E-state index contributed by atoms with van der Waals surface area (Å²) >= 11 is 0.975. The normalized spacial score (nSPS) is 11.3. The maximum absolute atomic E-state index is 11.3. The van der Waals surface area contributed by atoms with Crippen molar-refractivity contribution in [3.8, 4) is 0 Å². The van der Waals surface area contributed by atoms with E-state index < -0.39 is 16.0 Å². The number of thiophene rings is 1. The minimum absolute atomic E-state index is 0.00505. The van der Waals surface area contributed by atoms with E-state index in [0.717, 1.165) is 11.3 Å². The van der Waals surface area contributed by atoms with Gasteiger partial charge in [-0.15, -0.1) is 11.3 Å². The van der Waals surface area contributed by atoms with Crippen LogP contribution in [0.25, 0.3) is 0 Å². The average molecular weight is 236 g/mol. The van der Waals surface area contributed by atoms with Crippen LogP contribution in [0.2, 0.25) is 0 Å². The summed E-state index contributed by atoms with van der Waals surface area (Å²) in [5.74, 6) is 4.12. The average Bonchev–Trinajstić information content (AvgIpc) is 2.65. The predicted molar refractivity (Wildman–Crippen MR) is 50.2 cm³/mol. The van der Waals surface area contributed by atoms with Crippen molar-refractivity contribution in [2.75, 3.05) is 7.11 Å². The lowest BCUT2D eigenvalue weighted by molar-refractivity contribution is 0.0602. The molecule has 8 heteroatoms. The van der Waals surface area contributed by atoms with Gasteiger partial charge in [-0.25, -0.2) is 13.2 Å². The fraction of sp³-hybridized carbons (Fsp3) is 0.167. The molecule has 1 aromatic rings. The molecule has 0 radical (unpaired) electrons. The van der Waals surface area contributed by atoms with Crippen LogP contribution in [-0.2, 0) is 14.8 Å². The van der Waals surface area contributed by atoms with E-state index in [9.17, 15) is 13.2 Å². The Balaban J connectivity index is 3.25. The molecule has 0 aliphatic heterocycles. The van der Waals surface area contributed by atoms with E-state index in [1.807, 2.05) is 0 Å². The van der Waals surface area contributed by atoms with Gasteiger partial charge in [0, 0.05) is 0 Å². The van der Waals surface area contributed by atoms with Gasteiger partial charge in [0.25, 0.3) is 10.0 Å². The van der Waals surface area contributed by atoms with Crippen LogP contribution >= 0.6 is 11.3 Å². The maximum atomic E-state index is 11.3. The number of rotatable bonds is 3. The van der Waals surface area contributed by atoms with Crippen molar-refractivity contribution >= 4 is 27.3 Å². The van der Waals surface area contributed by atoms with E-state index in [4.69, 9.17) is 5.84 Å². The summed E-state index contributed by atoms with van der Waals surface area (Å²) in [6.45, 7) is 0. The van der Waals surface area contributed by atoms with Crippen LogP contribution in [0.15, 0.2) is 16.3 Å². The Kier molecular flexibility index (Phi) is 3.21. The fourth-order valence-corrected chi connectivity index (χ4v) is 2.78. The zero-order valence-electron chi connectivity index (χ0n) is 7.18. The number of hydrazine groups is 1. The highest BCUT2D eigenvalue weighted by molar-refractivity contribution is 7.89. The Morgan fingerprint density at radius 2 is 2.29 bits per heavy atom. The van der Waals surface area contributed by atoms with Crippen LogP contribution in [0.5, 0.6) is 0 Å². The summed E-state index contributed by atoms with van der Waals surface area (Å²) in [6, 6.07) is 1.28. The van der Waals surface area contributed by atoms with E-state index >= 15 is 0 Å². The molecular formula is C6H8N2O4S2. The van der Waals surface area contributed by atoms with E-state index in [-0.39, 0.29) is 9.77 Å². The molecule has 14 heavy (non-hydrogen) atoms. The predicted octanol–water partition coefficient (Wildman–Crippen LogP) is -0.313. The van der Waals surface area contributed by atoms with Crippen molar-refractivity contribution in [2.24, 2.45) is 5.84 Å². The Hall–Kier alpha value is -0.960. The first kappa shape index (κ1) is 11.1. The summed E-state index contributed by atoms with van der Waals surface area (Å²) in [4.78, 5) is 12.6. The molecule has 6 nitrogen and oxygen atoms in total.